The van der Waals surface area contributed by atoms with E-state index in [1.54, 1.807) is 19.1 Å². The Hall–Kier alpha value is -1.12. The van der Waals surface area contributed by atoms with Crippen molar-refractivity contribution in [2.75, 3.05) is 13.1 Å². The minimum Gasteiger partial charge on any atom is -0.380 e. The minimum atomic E-state index is -4.74. The second-order valence-electron chi connectivity index (χ2n) is 5.25. The molecule has 1 heterocycles. The van der Waals surface area contributed by atoms with Crippen LogP contribution in [0.15, 0.2) is 29.2 Å². The summed E-state index contributed by atoms with van der Waals surface area (Å²) in [6.45, 7) is 1.10. The van der Waals surface area contributed by atoms with Crippen LogP contribution in [0.4, 0.5) is 13.2 Å². The van der Waals surface area contributed by atoms with Crippen molar-refractivity contribution in [1.82, 2.24) is 4.31 Å². The third-order valence-corrected chi connectivity index (χ3v) is 5.65. The zero-order valence-corrected chi connectivity index (χ0v) is 12.2. The van der Waals surface area contributed by atoms with Gasteiger partial charge in [0.25, 0.3) is 0 Å². The van der Waals surface area contributed by atoms with Crippen molar-refractivity contribution >= 4 is 10.0 Å². The van der Waals surface area contributed by atoms with Crippen LogP contribution in [0.1, 0.15) is 18.4 Å². The molecular formula is C13H16F3NO3S. The van der Waals surface area contributed by atoms with Crippen LogP contribution in [0.2, 0.25) is 0 Å². The molecule has 1 aromatic carbocycles. The van der Waals surface area contributed by atoms with Crippen molar-refractivity contribution in [3.8, 4) is 0 Å². The number of halogens is 3. The first-order chi connectivity index (χ1) is 9.56. The van der Waals surface area contributed by atoms with E-state index in [9.17, 15) is 26.7 Å². The van der Waals surface area contributed by atoms with Gasteiger partial charge in [0.1, 0.15) is 0 Å². The van der Waals surface area contributed by atoms with E-state index in [1.807, 2.05) is 0 Å². The summed E-state index contributed by atoms with van der Waals surface area (Å²) >= 11 is 0. The summed E-state index contributed by atoms with van der Waals surface area (Å²) in [6.07, 6.45) is -6.05. The third kappa shape index (κ3) is 3.07. The second kappa shape index (κ2) is 5.26. The Bertz CT molecular complexity index is 603. The van der Waals surface area contributed by atoms with Crippen molar-refractivity contribution in [2.24, 2.45) is 0 Å². The highest BCUT2D eigenvalue weighted by Gasteiger charge is 2.55. The normalized spacial score (nSPS) is 20.4. The van der Waals surface area contributed by atoms with Crippen molar-refractivity contribution < 1.29 is 26.7 Å². The van der Waals surface area contributed by atoms with E-state index < -0.39 is 34.6 Å². The van der Waals surface area contributed by atoms with Gasteiger partial charge in [0.15, 0.2) is 5.60 Å². The first-order valence-electron chi connectivity index (χ1n) is 6.42. The van der Waals surface area contributed by atoms with E-state index in [2.05, 4.69) is 0 Å². The molecule has 0 aliphatic carbocycles. The van der Waals surface area contributed by atoms with Crippen molar-refractivity contribution in [3.63, 3.8) is 0 Å². The average molecular weight is 323 g/mol. The summed E-state index contributed by atoms with van der Waals surface area (Å²) in [5, 5.41) is 9.55. The highest BCUT2D eigenvalue weighted by atomic mass is 32.2. The summed E-state index contributed by atoms with van der Waals surface area (Å²) in [6, 6.07) is 6.11. The fourth-order valence-electron chi connectivity index (χ4n) is 2.24. The van der Waals surface area contributed by atoms with Gasteiger partial charge in [-0.2, -0.15) is 17.5 Å². The third-order valence-electron chi connectivity index (χ3n) is 3.74. The van der Waals surface area contributed by atoms with Gasteiger partial charge in [-0.15, -0.1) is 0 Å². The standard InChI is InChI=1S/C13H16F3NO3S/c1-10-2-4-11(5-3-10)21(19,20)17-8-6-12(18,7-9-17)13(14,15)16/h2-5,18H,6-9H2,1H3. The Morgan fingerprint density at radius 1 is 1.14 bits per heavy atom. The topological polar surface area (TPSA) is 57.6 Å². The number of benzene rings is 1. The smallest absolute Gasteiger partial charge is 0.380 e. The highest BCUT2D eigenvalue weighted by molar-refractivity contribution is 7.89. The molecule has 0 saturated carbocycles. The summed E-state index contributed by atoms with van der Waals surface area (Å²) in [5.74, 6) is 0. The molecule has 0 bridgehead atoms. The van der Waals surface area contributed by atoms with Crippen LogP contribution in [0.25, 0.3) is 0 Å². The van der Waals surface area contributed by atoms with Gasteiger partial charge in [-0.25, -0.2) is 8.42 Å². The first-order valence-corrected chi connectivity index (χ1v) is 7.86. The predicted octanol–water partition coefficient (Wildman–Crippen LogP) is 2.07. The Kier molecular flexibility index (Phi) is 4.07. The number of hydrogen-bond donors (Lipinski definition) is 1. The Balaban J connectivity index is 2.17. The van der Waals surface area contributed by atoms with Crippen LogP contribution in [0, 0.1) is 6.92 Å². The lowest BCUT2D eigenvalue weighted by atomic mass is 9.92. The van der Waals surface area contributed by atoms with E-state index in [0.29, 0.717) is 0 Å². The maximum atomic E-state index is 12.7. The molecular weight excluding hydrogens is 307 g/mol. The van der Waals surface area contributed by atoms with E-state index in [-0.39, 0.29) is 18.0 Å². The van der Waals surface area contributed by atoms with Gasteiger partial charge in [-0.05, 0) is 31.9 Å². The fourth-order valence-corrected chi connectivity index (χ4v) is 3.68. The maximum absolute atomic E-state index is 12.7. The van der Waals surface area contributed by atoms with Gasteiger partial charge >= 0.3 is 6.18 Å². The largest absolute Gasteiger partial charge is 0.417 e. The molecule has 4 nitrogen and oxygen atoms in total. The van der Waals surface area contributed by atoms with Crippen molar-refractivity contribution in [2.45, 2.75) is 36.4 Å². The van der Waals surface area contributed by atoms with Crippen molar-refractivity contribution in [1.29, 1.82) is 0 Å². The molecule has 0 unspecified atom stereocenters. The van der Waals surface area contributed by atoms with Crippen LogP contribution >= 0.6 is 0 Å². The van der Waals surface area contributed by atoms with Gasteiger partial charge < -0.3 is 5.11 Å². The second-order valence-corrected chi connectivity index (χ2v) is 7.18. The lowest BCUT2D eigenvalue weighted by Crippen LogP contribution is -2.54. The molecule has 0 atom stereocenters. The van der Waals surface area contributed by atoms with E-state index in [1.165, 1.54) is 12.1 Å². The summed E-state index contributed by atoms with van der Waals surface area (Å²) in [7, 11) is -3.82. The van der Waals surface area contributed by atoms with Crippen molar-refractivity contribution in [3.05, 3.63) is 29.8 Å². The molecule has 0 spiro atoms. The quantitative estimate of drug-likeness (QED) is 0.906. The molecule has 1 N–H and O–H groups in total. The number of piperidine rings is 1. The number of aliphatic hydroxyl groups is 1. The van der Waals surface area contributed by atoms with Gasteiger partial charge in [0.2, 0.25) is 10.0 Å². The molecule has 1 aliphatic rings. The van der Waals surface area contributed by atoms with Crippen LogP contribution in [-0.4, -0.2) is 42.7 Å². The Morgan fingerprint density at radius 3 is 2.05 bits per heavy atom. The van der Waals surface area contributed by atoms with Gasteiger partial charge in [-0.1, -0.05) is 17.7 Å². The van der Waals surface area contributed by atoms with E-state index in [0.717, 1.165) is 9.87 Å². The van der Waals surface area contributed by atoms with Crippen LogP contribution in [-0.2, 0) is 10.0 Å². The molecule has 2 rings (SSSR count). The molecule has 8 heteroatoms. The van der Waals surface area contributed by atoms with E-state index >= 15 is 0 Å². The SMILES string of the molecule is Cc1ccc(S(=O)(=O)N2CCC(O)(C(F)(F)F)CC2)cc1. The lowest BCUT2D eigenvalue weighted by Gasteiger charge is -2.38. The predicted molar refractivity (Wildman–Crippen MR) is 70.2 cm³/mol. The summed E-state index contributed by atoms with van der Waals surface area (Å²) < 4.78 is 63.7. The van der Waals surface area contributed by atoms with Gasteiger partial charge in [-0.3, -0.25) is 0 Å². The Labute approximate surface area is 121 Å². The first kappa shape index (κ1) is 16.3. The molecule has 1 saturated heterocycles. The van der Waals surface area contributed by atoms with E-state index in [4.69, 9.17) is 0 Å². The molecule has 0 amide bonds. The minimum absolute atomic E-state index is 0.0468. The highest BCUT2D eigenvalue weighted by Crippen LogP contribution is 2.39. The molecule has 1 fully saturated rings. The Morgan fingerprint density at radius 2 is 1.62 bits per heavy atom. The molecule has 118 valence electrons. The maximum Gasteiger partial charge on any atom is 0.417 e. The van der Waals surface area contributed by atoms with Gasteiger partial charge in [0.05, 0.1) is 4.90 Å². The molecule has 1 aliphatic heterocycles. The lowest BCUT2D eigenvalue weighted by molar-refractivity contribution is -0.270. The summed E-state index contributed by atoms with van der Waals surface area (Å²) in [4.78, 5) is 0.0468. The van der Waals surface area contributed by atoms with Crippen LogP contribution < -0.4 is 0 Å². The van der Waals surface area contributed by atoms with Gasteiger partial charge in [0, 0.05) is 13.1 Å². The number of rotatable bonds is 2. The zero-order valence-electron chi connectivity index (χ0n) is 11.4. The summed E-state index contributed by atoms with van der Waals surface area (Å²) in [5.41, 5.74) is -1.91. The number of hydrogen-bond acceptors (Lipinski definition) is 3. The number of nitrogens with zero attached hydrogens (tertiary/aromatic N) is 1. The number of sulfonamides is 1. The molecule has 21 heavy (non-hydrogen) atoms. The number of alkyl halides is 3. The molecule has 0 aromatic heterocycles. The van der Waals surface area contributed by atoms with Crippen LogP contribution in [0.3, 0.4) is 0 Å². The fraction of sp³-hybridized carbons (Fsp3) is 0.538. The van der Waals surface area contributed by atoms with Crippen LogP contribution in [0.5, 0.6) is 0 Å². The molecule has 1 aromatic rings. The average Bonchev–Trinajstić information content (AvgIpc) is 2.38. The zero-order chi connectivity index (χ0) is 15.9. The monoisotopic (exact) mass is 323 g/mol. The number of aryl methyl sites for hydroxylation is 1. The molecule has 0 radical (unpaired) electrons.